The maximum absolute atomic E-state index is 13.0. The molecule has 27 heavy (non-hydrogen) atoms. The molecule has 144 valence electrons. The van der Waals surface area contributed by atoms with Gasteiger partial charge in [-0.1, -0.05) is 19.9 Å². The summed E-state index contributed by atoms with van der Waals surface area (Å²) in [4.78, 5) is 32.7. The van der Waals surface area contributed by atoms with E-state index in [4.69, 9.17) is 4.42 Å². The molecule has 7 heteroatoms. The maximum Gasteiger partial charge on any atom is 0.287 e. The van der Waals surface area contributed by atoms with Crippen LogP contribution in [0.3, 0.4) is 0 Å². The molecule has 3 heterocycles. The van der Waals surface area contributed by atoms with Gasteiger partial charge in [0.15, 0.2) is 5.76 Å². The quantitative estimate of drug-likeness (QED) is 0.836. The lowest BCUT2D eigenvalue weighted by molar-refractivity contribution is -0.364. The highest BCUT2D eigenvalue weighted by Gasteiger charge is 2.32. The Hall–Kier alpha value is -2.83. The van der Waals surface area contributed by atoms with Crippen LogP contribution in [0.1, 0.15) is 30.8 Å². The summed E-state index contributed by atoms with van der Waals surface area (Å²) < 4.78 is 5.14. The van der Waals surface area contributed by atoms with Crippen molar-refractivity contribution in [3.63, 3.8) is 0 Å². The predicted octanol–water partition coefficient (Wildman–Crippen LogP) is 1.59. The van der Waals surface area contributed by atoms with Crippen molar-refractivity contribution >= 4 is 17.6 Å². The lowest BCUT2D eigenvalue weighted by Gasteiger charge is -2.33. The molecule has 7 nitrogen and oxygen atoms in total. The van der Waals surface area contributed by atoms with Gasteiger partial charge >= 0.3 is 0 Å². The number of nitrogens with zero attached hydrogens (tertiary/aromatic N) is 2. The first-order chi connectivity index (χ1) is 13.0. The molecule has 2 aromatic rings. The minimum absolute atomic E-state index is 0.0275. The van der Waals surface area contributed by atoms with Crippen LogP contribution in [0, 0.1) is 5.92 Å². The normalized spacial score (nSPS) is 15.7. The van der Waals surface area contributed by atoms with E-state index in [2.05, 4.69) is 15.2 Å². The average molecular weight is 371 g/mol. The SMILES string of the molecule is CC(C)C[C@@H](NC(=O)c1ccco1)C(=O)N1CCN(c2cccc[nH+]2)CC1. The Kier molecular flexibility index (Phi) is 6.11. The lowest BCUT2D eigenvalue weighted by Crippen LogP contribution is -2.55. The van der Waals surface area contributed by atoms with E-state index in [1.165, 1.54) is 6.26 Å². The van der Waals surface area contributed by atoms with Crippen LogP contribution in [-0.2, 0) is 4.79 Å². The molecule has 0 saturated carbocycles. The van der Waals surface area contributed by atoms with Crippen molar-refractivity contribution in [3.8, 4) is 0 Å². The summed E-state index contributed by atoms with van der Waals surface area (Å²) in [6.07, 6.45) is 3.95. The van der Waals surface area contributed by atoms with Gasteiger partial charge in [-0.2, -0.15) is 0 Å². The van der Waals surface area contributed by atoms with Crippen LogP contribution in [-0.4, -0.2) is 48.9 Å². The van der Waals surface area contributed by atoms with Gasteiger partial charge < -0.3 is 14.6 Å². The molecule has 0 aliphatic carbocycles. The number of amides is 2. The standard InChI is InChI=1S/C20H26N4O3/c1-15(2)14-16(22-19(25)17-6-5-13-27-17)20(26)24-11-9-23(10-12-24)18-7-3-4-8-21-18/h3-8,13,15-16H,9-12,14H2,1-2H3,(H,22,25)/p+1/t16-/m1/s1. The highest BCUT2D eigenvalue weighted by molar-refractivity contribution is 5.95. The minimum Gasteiger partial charge on any atom is -0.459 e. The molecule has 0 unspecified atom stereocenters. The molecule has 1 saturated heterocycles. The summed E-state index contributed by atoms with van der Waals surface area (Å²) in [6, 6.07) is 8.68. The molecule has 1 fully saturated rings. The number of H-pyrrole nitrogens is 1. The van der Waals surface area contributed by atoms with Crippen molar-refractivity contribution in [3.05, 3.63) is 48.6 Å². The lowest BCUT2D eigenvalue weighted by atomic mass is 10.0. The second kappa shape index (κ2) is 8.70. The summed E-state index contributed by atoms with van der Waals surface area (Å²) in [7, 11) is 0. The van der Waals surface area contributed by atoms with E-state index in [9.17, 15) is 9.59 Å². The topological polar surface area (TPSA) is 79.9 Å². The van der Waals surface area contributed by atoms with Crippen molar-refractivity contribution in [2.75, 3.05) is 31.1 Å². The summed E-state index contributed by atoms with van der Waals surface area (Å²) in [6.45, 7) is 6.87. The number of anilines is 1. The van der Waals surface area contributed by atoms with Crippen LogP contribution in [0.2, 0.25) is 0 Å². The van der Waals surface area contributed by atoms with Gasteiger partial charge in [-0.15, -0.1) is 0 Å². The number of carbonyl (C=O) groups excluding carboxylic acids is 2. The van der Waals surface area contributed by atoms with E-state index in [1.807, 2.05) is 43.1 Å². The number of rotatable bonds is 6. The number of nitrogens with one attached hydrogen (secondary N) is 2. The van der Waals surface area contributed by atoms with Gasteiger partial charge in [-0.3, -0.25) is 14.5 Å². The van der Waals surface area contributed by atoms with E-state index < -0.39 is 6.04 Å². The van der Waals surface area contributed by atoms with Crippen LogP contribution in [0.4, 0.5) is 5.82 Å². The molecule has 2 aromatic heterocycles. The molecule has 0 aromatic carbocycles. The van der Waals surface area contributed by atoms with E-state index in [0.29, 0.717) is 19.5 Å². The third kappa shape index (κ3) is 4.87. The molecular formula is C20H27N4O3+. The van der Waals surface area contributed by atoms with Crippen molar-refractivity contribution in [2.24, 2.45) is 5.92 Å². The molecule has 2 N–H and O–H groups in total. The van der Waals surface area contributed by atoms with E-state index in [-0.39, 0.29) is 23.5 Å². The van der Waals surface area contributed by atoms with Gasteiger partial charge in [0.05, 0.1) is 25.5 Å². The molecular weight excluding hydrogens is 344 g/mol. The van der Waals surface area contributed by atoms with Crippen molar-refractivity contribution in [1.82, 2.24) is 10.2 Å². The second-order valence-electron chi connectivity index (χ2n) is 7.19. The first kappa shape index (κ1) is 18.9. The summed E-state index contributed by atoms with van der Waals surface area (Å²) in [5, 5.41) is 2.85. The number of hydrogen-bond donors (Lipinski definition) is 1. The summed E-state index contributed by atoms with van der Waals surface area (Å²) in [5.41, 5.74) is 0. The van der Waals surface area contributed by atoms with E-state index in [0.717, 1.165) is 18.9 Å². The Bertz CT molecular complexity index is 738. The fourth-order valence-electron chi connectivity index (χ4n) is 3.30. The van der Waals surface area contributed by atoms with Gasteiger partial charge in [0.2, 0.25) is 5.91 Å². The largest absolute Gasteiger partial charge is 0.459 e. The fourth-order valence-corrected chi connectivity index (χ4v) is 3.30. The van der Waals surface area contributed by atoms with Crippen molar-refractivity contribution in [1.29, 1.82) is 0 Å². The fraction of sp³-hybridized carbons (Fsp3) is 0.450. The Morgan fingerprint density at radius 3 is 2.52 bits per heavy atom. The second-order valence-corrected chi connectivity index (χ2v) is 7.19. The molecule has 1 atom stereocenters. The van der Waals surface area contributed by atoms with Crippen LogP contribution in [0.25, 0.3) is 0 Å². The number of hydrogen-bond acceptors (Lipinski definition) is 4. The maximum atomic E-state index is 13.0. The highest BCUT2D eigenvalue weighted by Crippen LogP contribution is 2.14. The Labute approximate surface area is 159 Å². The van der Waals surface area contributed by atoms with Crippen molar-refractivity contribution < 1.29 is 19.0 Å². The Morgan fingerprint density at radius 2 is 1.93 bits per heavy atom. The molecule has 0 spiro atoms. The zero-order chi connectivity index (χ0) is 19.2. The number of piperazine rings is 1. The van der Waals surface area contributed by atoms with Gasteiger partial charge in [0.25, 0.3) is 11.7 Å². The van der Waals surface area contributed by atoms with Gasteiger partial charge in [0.1, 0.15) is 19.1 Å². The number of aromatic amines is 1. The molecule has 0 bridgehead atoms. The van der Waals surface area contributed by atoms with Crippen LogP contribution < -0.4 is 15.2 Å². The van der Waals surface area contributed by atoms with E-state index >= 15 is 0 Å². The molecule has 2 amide bonds. The van der Waals surface area contributed by atoms with E-state index in [1.54, 1.807) is 12.1 Å². The highest BCUT2D eigenvalue weighted by atomic mass is 16.3. The molecule has 1 aliphatic heterocycles. The molecule has 1 aliphatic rings. The Balaban J connectivity index is 1.61. The third-order valence-electron chi connectivity index (χ3n) is 4.68. The smallest absolute Gasteiger partial charge is 0.287 e. The average Bonchev–Trinajstić information content (AvgIpc) is 3.22. The first-order valence-corrected chi connectivity index (χ1v) is 9.39. The van der Waals surface area contributed by atoms with Gasteiger partial charge in [-0.05, 0) is 30.5 Å². The van der Waals surface area contributed by atoms with Crippen molar-refractivity contribution in [2.45, 2.75) is 26.3 Å². The zero-order valence-corrected chi connectivity index (χ0v) is 15.9. The number of carbonyl (C=O) groups is 2. The van der Waals surface area contributed by atoms with Gasteiger partial charge in [-0.25, -0.2) is 4.98 Å². The summed E-state index contributed by atoms with van der Waals surface area (Å²) in [5.74, 6) is 1.18. The number of aromatic nitrogens is 1. The van der Waals surface area contributed by atoms with Crippen LogP contribution in [0.5, 0.6) is 0 Å². The Morgan fingerprint density at radius 1 is 1.15 bits per heavy atom. The third-order valence-corrected chi connectivity index (χ3v) is 4.68. The summed E-state index contributed by atoms with van der Waals surface area (Å²) >= 11 is 0. The van der Waals surface area contributed by atoms with Gasteiger partial charge in [0, 0.05) is 6.07 Å². The zero-order valence-electron chi connectivity index (χ0n) is 15.9. The number of furan rings is 1. The molecule has 3 rings (SSSR count). The predicted molar refractivity (Wildman–Crippen MR) is 101 cm³/mol. The molecule has 0 radical (unpaired) electrons. The van der Waals surface area contributed by atoms with Crippen LogP contribution in [0.15, 0.2) is 47.2 Å². The first-order valence-electron chi connectivity index (χ1n) is 9.39. The monoisotopic (exact) mass is 371 g/mol. The minimum atomic E-state index is -0.544. The number of pyridine rings is 1. The van der Waals surface area contributed by atoms with Crippen LogP contribution >= 0.6 is 0 Å².